The number of carbonyl (C=O) groups is 1. The van der Waals surface area contributed by atoms with Crippen molar-refractivity contribution in [3.05, 3.63) is 0 Å². The molecule has 29 heavy (non-hydrogen) atoms. The summed E-state index contributed by atoms with van der Waals surface area (Å²) in [4.78, 5) is 11.1. The molecule has 0 amide bonds. The first-order valence-electron chi connectivity index (χ1n) is 11.8. The van der Waals surface area contributed by atoms with Crippen molar-refractivity contribution in [2.24, 2.45) is 46.3 Å². The van der Waals surface area contributed by atoms with Gasteiger partial charge in [-0.25, -0.2) is 0 Å². The van der Waals surface area contributed by atoms with Crippen LogP contribution in [0.5, 0.6) is 0 Å². The van der Waals surface area contributed by atoms with Crippen molar-refractivity contribution in [2.75, 3.05) is 0 Å². The second-order valence-corrected chi connectivity index (χ2v) is 11.4. The van der Waals surface area contributed by atoms with Crippen molar-refractivity contribution in [1.29, 1.82) is 0 Å². The quantitative estimate of drug-likeness (QED) is 0.571. The number of carboxylic acid groups (broad SMARTS) is 1. The number of hydrogen-bond acceptors (Lipinski definition) is 4. The van der Waals surface area contributed by atoms with E-state index in [2.05, 4.69) is 20.8 Å². The normalized spacial score (nSPS) is 52.9. The molecule has 0 radical (unpaired) electrons. The van der Waals surface area contributed by atoms with Crippen LogP contribution in [0.25, 0.3) is 0 Å². The summed E-state index contributed by atoms with van der Waals surface area (Å²) in [6.45, 7) is 6.72. The maximum atomic E-state index is 11.5. The molecule has 0 aromatic heterocycles. The van der Waals surface area contributed by atoms with Crippen molar-refractivity contribution >= 4 is 5.97 Å². The third-order valence-electron chi connectivity index (χ3n) is 10.3. The van der Waals surface area contributed by atoms with E-state index in [0.717, 1.165) is 44.9 Å². The van der Waals surface area contributed by atoms with E-state index in [0.29, 0.717) is 30.1 Å². The third kappa shape index (κ3) is 3.27. The molecule has 4 fully saturated rings. The maximum absolute atomic E-state index is 11.5. The highest BCUT2D eigenvalue weighted by molar-refractivity contribution is 5.66. The van der Waals surface area contributed by atoms with Crippen molar-refractivity contribution in [3.8, 4) is 0 Å². The van der Waals surface area contributed by atoms with Crippen LogP contribution in [0.15, 0.2) is 0 Å². The van der Waals surface area contributed by atoms with Gasteiger partial charge in [0.25, 0.3) is 0 Å². The van der Waals surface area contributed by atoms with Crippen LogP contribution < -0.4 is 0 Å². The monoisotopic (exact) mass is 408 g/mol. The topological polar surface area (TPSA) is 98.0 Å². The molecule has 11 atom stereocenters. The van der Waals surface area contributed by atoms with Gasteiger partial charge in [0.15, 0.2) is 0 Å². The molecule has 4 N–H and O–H groups in total. The lowest BCUT2D eigenvalue weighted by Crippen LogP contribution is -2.62. The zero-order chi connectivity index (χ0) is 21.1. The molecule has 5 heteroatoms. The summed E-state index contributed by atoms with van der Waals surface area (Å²) in [5.41, 5.74) is -0.143. The van der Waals surface area contributed by atoms with Crippen LogP contribution in [0, 0.1) is 46.3 Å². The molecule has 4 rings (SSSR count). The third-order valence-corrected chi connectivity index (χ3v) is 10.3. The highest BCUT2D eigenvalue weighted by atomic mass is 16.4. The first-order valence-corrected chi connectivity index (χ1v) is 11.8. The Hall–Kier alpha value is -0.650. The molecular weight excluding hydrogens is 368 g/mol. The Morgan fingerprint density at radius 3 is 2.45 bits per heavy atom. The van der Waals surface area contributed by atoms with Gasteiger partial charge in [-0.15, -0.1) is 0 Å². The zero-order valence-electron chi connectivity index (χ0n) is 18.3. The van der Waals surface area contributed by atoms with Gasteiger partial charge in [-0.05, 0) is 97.7 Å². The molecule has 4 aliphatic carbocycles. The predicted molar refractivity (Wildman–Crippen MR) is 110 cm³/mol. The molecule has 166 valence electrons. The minimum atomic E-state index is -0.748. The van der Waals surface area contributed by atoms with E-state index >= 15 is 0 Å². The molecule has 0 bridgehead atoms. The summed E-state index contributed by atoms with van der Waals surface area (Å²) in [5, 5.41) is 42.0. The molecule has 5 nitrogen and oxygen atoms in total. The summed E-state index contributed by atoms with van der Waals surface area (Å²) in [7, 11) is 0. The highest BCUT2D eigenvalue weighted by Gasteiger charge is 2.65. The molecule has 4 saturated carbocycles. The fourth-order valence-electron chi connectivity index (χ4n) is 8.68. The van der Waals surface area contributed by atoms with E-state index in [1.54, 1.807) is 0 Å². The summed E-state index contributed by atoms with van der Waals surface area (Å²) in [6, 6.07) is 0. The van der Waals surface area contributed by atoms with Crippen LogP contribution in [0.1, 0.15) is 78.6 Å². The van der Waals surface area contributed by atoms with Crippen molar-refractivity contribution in [1.82, 2.24) is 0 Å². The Morgan fingerprint density at radius 1 is 1.03 bits per heavy atom. The van der Waals surface area contributed by atoms with Crippen LogP contribution >= 0.6 is 0 Å². The van der Waals surface area contributed by atoms with Gasteiger partial charge < -0.3 is 20.4 Å². The Morgan fingerprint density at radius 2 is 1.76 bits per heavy atom. The number of rotatable bonds is 4. The zero-order valence-corrected chi connectivity index (χ0v) is 18.3. The van der Waals surface area contributed by atoms with Crippen LogP contribution in [0.2, 0.25) is 0 Å². The molecule has 0 spiro atoms. The molecular formula is C24H40O5. The average molecular weight is 409 g/mol. The molecule has 0 aliphatic heterocycles. The summed E-state index contributed by atoms with van der Waals surface area (Å²) in [5.74, 6) is 0.997. The lowest BCUT2D eigenvalue weighted by molar-refractivity contribution is -0.207. The highest BCUT2D eigenvalue weighted by Crippen LogP contribution is 2.68. The fourth-order valence-corrected chi connectivity index (χ4v) is 8.68. The standard InChI is InChI=1S/C24H40O5/c1-13(4-7-21(28)29)16-5-6-17-22-18(12-20(27)24(16,17)3)23(2)9-8-15(25)10-14(23)11-19(22)26/h13-20,22,25-27H,4-12H2,1-3H3,(H,28,29)/t13-,14+,15-,16+,17-,18-,19-,20+,22+,23+,24-/m1/s1. The van der Waals surface area contributed by atoms with E-state index in [1.807, 2.05) is 0 Å². The number of carboxylic acids is 1. The fraction of sp³-hybridized carbons (Fsp3) is 0.958. The lowest BCUT2D eigenvalue weighted by atomic mass is 9.43. The minimum absolute atomic E-state index is 0.0957. The first kappa shape index (κ1) is 21.6. The number of aliphatic hydroxyl groups excluding tert-OH is 3. The summed E-state index contributed by atoms with van der Waals surface area (Å²) >= 11 is 0. The smallest absolute Gasteiger partial charge is 0.303 e. The van der Waals surface area contributed by atoms with Gasteiger partial charge in [-0.2, -0.15) is 0 Å². The molecule has 0 aromatic carbocycles. The Kier molecular flexibility index (Phi) is 5.57. The van der Waals surface area contributed by atoms with Gasteiger partial charge in [0.05, 0.1) is 18.3 Å². The van der Waals surface area contributed by atoms with Crippen LogP contribution in [-0.4, -0.2) is 44.7 Å². The second kappa shape index (κ2) is 7.49. The summed E-state index contributed by atoms with van der Waals surface area (Å²) < 4.78 is 0. The van der Waals surface area contributed by atoms with Gasteiger partial charge in [0, 0.05) is 6.42 Å². The van der Waals surface area contributed by atoms with Crippen LogP contribution in [0.4, 0.5) is 0 Å². The Bertz CT molecular complexity index is 637. The first-order chi connectivity index (χ1) is 13.6. The van der Waals surface area contributed by atoms with Gasteiger partial charge in [-0.3, -0.25) is 4.79 Å². The number of aliphatic hydroxyl groups is 3. The molecule has 0 aromatic rings. The maximum Gasteiger partial charge on any atom is 0.303 e. The Balaban J connectivity index is 1.61. The van der Waals surface area contributed by atoms with Gasteiger partial charge in [0.2, 0.25) is 0 Å². The number of hydrogen-bond donors (Lipinski definition) is 4. The van der Waals surface area contributed by atoms with E-state index in [9.17, 15) is 20.1 Å². The SMILES string of the molecule is C[C@H](CCC(=O)O)[C@@H]1CC[C@@H]2[C@@H]3[C@H](O)C[C@@H]4C[C@H](O)CC[C@]4(C)[C@@H]3C[C@H](O)[C@@]21C. The van der Waals surface area contributed by atoms with Crippen molar-refractivity contribution in [3.63, 3.8) is 0 Å². The average Bonchev–Trinajstić information content (AvgIpc) is 3.01. The molecule has 0 unspecified atom stereocenters. The van der Waals surface area contributed by atoms with Crippen molar-refractivity contribution < 1.29 is 25.2 Å². The van der Waals surface area contributed by atoms with E-state index in [4.69, 9.17) is 5.11 Å². The van der Waals surface area contributed by atoms with E-state index < -0.39 is 12.1 Å². The van der Waals surface area contributed by atoms with Gasteiger partial charge in [0.1, 0.15) is 0 Å². The Labute approximate surface area is 174 Å². The van der Waals surface area contributed by atoms with Crippen molar-refractivity contribution in [2.45, 2.75) is 96.9 Å². The minimum Gasteiger partial charge on any atom is -0.481 e. The molecule has 0 heterocycles. The van der Waals surface area contributed by atoms with E-state index in [1.165, 1.54) is 0 Å². The summed E-state index contributed by atoms with van der Waals surface area (Å²) in [6.07, 6.45) is 6.00. The van der Waals surface area contributed by atoms with Gasteiger partial charge in [-0.1, -0.05) is 20.8 Å². The number of fused-ring (bicyclic) bond motifs is 5. The predicted octanol–water partition coefficient (Wildman–Crippen LogP) is 3.45. The van der Waals surface area contributed by atoms with Crippen LogP contribution in [0.3, 0.4) is 0 Å². The van der Waals surface area contributed by atoms with E-state index in [-0.39, 0.29) is 41.3 Å². The molecule has 0 saturated heterocycles. The second-order valence-electron chi connectivity index (χ2n) is 11.4. The number of aliphatic carboxylic acids is 1. The largest absolute Gasteiger partial charge is 0.481 e. The molecule has 4 aliphatic rings. The lowest BCUT2D eigenvalue weighted by Gasteiger charge is -2.63. The van der Waals surface area contributed by atoms with Crippen LogP contribution in [-0.2, 0) is 4.79 Å². The van der Waals surface area contributed by atoms with Gasteiger partial charge >= 0.3 is 5.97 Å².